The number of halogens is 1. The highest BCUT2D eigenvalue weighted by Crippen LogP contribution is 2.26. The van der Waals surface area contributed by atoms with Crippen LogP contribution in [0, 0.1) is 12.7 Å². The Labute approximate surface area is 229 Å². The van der Waals surface area contributed by atoms with Gasteiger partial charge in [-0.1, -0.05) is 31.2 Å². The van der Waals surface area contributed by atoms with Crippen LogP contribution in [0.3, 0.4) is 0 Å². The van der Waals surface area contributed by atoms with Crippen molar-refractivity contribution >= 4 is 27.5 Å². The maximum Gasteiger partial charge on any atom is 0.264 e. The van der Waals surface area contributed by atoms with Crippen molar-refractivity contribution in [3.63, 3.8) is 0 Å². The molecule has 1 atom stereocenters. The van der Waals surface area contributed by atoms with Crippen LogP contribution in [-0.2, 0) is 26.2 Å². The van der Waals surface area contributed by atoms with Gasteiger partial charge in [-0.2, -0.15) is 0 Å². The standard InChI is InChI=1S/C29H34FN3O5S/c1-5-27(29(35)31-6-2)32(19-22-10-8-7-9-21(22)3)28(34)20-33(24-13-11-23(30)12-14-24)39(36,37)26-17-15-25(38-4)16-18-26/h7-18,27H,5-6,19-20H2,1-4H3,(H,31,35). The van der Waals surface area contributed by atoms with Gasteiger partial charge in [-0.05, 0) is 79.9 Å². The van der Waals surface area contributed by atoms with E-state index in [2.05, 4.69) is 5.32 Å². The third-order valence-corrected chi connectivity index (χ3v) is 8.17. The Morgan fingerprint density at radius 3 is 2.18 bits per heavy atom. The van der Waals surface area contributed by atoms with Gasteiger partial charge in [-0.3, -0.25) is 13.9 Å². The zero-order chi connectivity index (χ0) is 28.6. The van der Waals surface area contributed by atoms with Crippen LogP contribution in [0.25, 0.3) is 0 Å². The quantitative estimate of drug-likeness (QED) is 0.360. The number of sulfonamides is 1. The summed E-state index contributed by atoms with van der Waals surface area (Å²) in [6.07, 6.45) is 0.325. The molecular formula is C29H34FN3O5S. The molecule has 39 heavy (non-hydrogen) atoms. The fourth-order valence-corrected chi connectivity index (χ4v) is 5.61. The minimum Gasteiger partial charge on any atom is -0.497 e. The molecule has 0 bridgehead atoms. The molecule has 3 aromatic rings. The molecule has 0 fully saturated rings. The number of nitrogens with one attached hydrogen (secondary N) is 1. The van der Waals surface area contributed by atoms with Crippen molar-refractivity contribution in [2.75, 3.05) is 24.5 Å². The van der Waals surface area contributed by atoms with Gasteiger partial charge in [0.05, 0.1) is 17.7 Å². The molecule has 1 unspecified atom stereocenters. The molecule has 208 valence electrons. The number of carbonyl (C=O) groups is 2. The molecule has 2 amide bonds. The molecule has 0 saturated carbocycles. The highest BCUT2D eigenvalue weighted by Gasteiger charge is 2.33. The Morgan fingerprint density at radius 2 is 1.62 bits per heavy atom. The second kappa shape index (κ2) is 13.2. The zero-order valence-electron chi connectivity index (χ0n) is 22.6. The first-order chi connectivity index (χ1) is 18.6. The molecule has 0 aromatic heterocycles. The monoisotopic (exact) mass is 555 g/mol. The van der Waals surface area contributed by atoms with Crippen molar-refractivity contribution in [1.29, 1.82) is 0 Å². The molecule has 8 nitrogen and oxygen atoms in total. The van der Waals surface area contributed by atoms with Crippen molar-refractivity contribution in [1.82, 2.24) is 10.2 Å². The topological polar surface area (TPSA) is 96.0 Å². The summed E-state index contributed by atoms with van der Waals surface area (Å²) >= 11 is 0. The van der Waals surface area contributed by atoms with E-state index in [-0.39, 0.29) is 23.0 Å². The van der Waals surface area contributed by atoms with E-state index < -0.39 is 34.3 Å². The van der Waals surface area contributed by atoms with E-state index in [1.54, 1.807) is 13.8 Å². The second-order valence-corrected chi connectivity index (χ2v) is 10.8. The minimum atomic E-state index is -4.26. The van der Waals surface area contributed by atoms with Gasteiger partial charge in [0.1, 0.15) is 24.2 Å². The Kier molecular flexibility index (Phi) is 10.1. The fraction of sp³-hybridized carbons (Fsp3) is 0.310. The largest absolute Gasteiger partial charge is 0.497 e. The Balaban J connectivity index is 2.06. The van der Waals surface area contributed by atoms with Crippen LogP contribution in [0.2, 0.25) is 0 Å². The van der Waals surface area contributed by atoms with Gasteiger partial charge in [-0.25, -0.2) is 12.8 Å². The SMILES string of the molecule is CCNC(=O)C(CC)N(Cc1ccccc1C)C(=O)CN(c1ccc(F)cc1)S(=O)(=O)c1ccc(OC)cc1. The number of carbonyl (C=O) groups excluding carboxylic acids is 2. The minimum absolute atomic E-state index is 0.0679. The normalized spacial score (nSPS) is 11.9. The lowest BCUT2D eigenvalue weighted by molar-refractivity contribution is -0.140. The average molecular weight is 556 g/mol. The number of rotatable bonds is 12. The lowest BCUT2D eigenvalue weighted by Gasteiger charge is -2.33. The highest BCUT2D eigenvalue weighted by atomic mass is 32.2. The maximum atomic E-state index is 13.9. The van der Waals surface area contributed by atoms with E-state index in [0.29, 0.717) is 18.7 Å². The van der Waals surface area contributed by atoms with Crippen LogP contribution >= 0.6 is 0 Å². The van der Waals surface area contributed by atoms with Crippen LogP contribution in [0.15, 0.2) is 77.7 Å². The van der Waals surface area contributed by atoms with Gasteiger partial charge >= 0.3 is 0 Å². The van der Waals surface area contributed by atoms with Gasteiger partial charge < -0.3 is 15.0 Å². The molecular weight excluding hydrogens is 521 g/mol. The summed E-state index contributed by atoms with van der Waals surface area (Å²) in [5, 5.41) is 2.77. The maximum absolute atomic E-state index is 13.9. The summed E-state index contributed by atoms with van der Waals surface area (Å²) in [6, 6.07) is 17.3. The molecule has 0 heterocycles. The van der Waals surface area contributed by atoms with Crippen LogP contribution in [-0.4, -0.2) is 51.4 Å². The van der Waals surface area contributed by atoms with Gasteiger partial charge in [0.15, 0.2) is 0 Å². The first-order valence-corrected chi connectivity index (χ1v) is 14.1. The number of nitrogens with zero attached hydrogens (tertiary/aromatic N) is 2. The Hall–Kier alpha value is -3.92. The first kappa shape index (κ1) is 29.6. The molecule has 3 aromatic carbocycles. The Bertz CT molecular complexity index is 1380. The number of hydrogen-bond acceptors (Lipinski definition) is 5. The Morgan fingerprint density at radius 1 is 0.974 bits per heavy atom. The number of methoxy groups -OCH3 is 1. The third-order valence-electron chi connectivity index (χ3n) is 6.38. The lowest BCUT2D eigenvalue weighted by atomic mass is 10.1. The molecule has 0 aliphatic heterocycles. The molecule has 0 radical (unpaired) electrons. The van der Waals surface area contributed by atoms with Crippen molar-refractivity contribution in [3.05, 3.63) is 89.7 Å². The fourth-order valence-electron chi connectivity index (χ4n) is 4.19. The number of hydrogen-bond donors (Lipinski definition) is 1. The van der Waals surface area contributed by atoms with Crippen molar-refractivity contribution < 1.29 is 27.1 Å². The van der Waals surface area contributed by atoms with E-state index in [4.69, 9.17) is 4.74 Å². The summed E-state index contributed by atoms with van der Waals surface area (Å²) in [5.41, 5.74) is 1.88. The van der Waals surface area contributed by atoms with E-state index in [1.165, 1.54) is 48.4 Å². The average Bonchev–Trinajstić information content (AvgIpc) is 2.93. The van der Waals surface area contributed by atoms with E-state index in [0.717, 1.165) is 27.6 Å². The number of likely N-dealkylation sites (N-methyl/N-ethyl adjacent to an activating group) is 1. The van der Waals surface area contributed by atoms with Gasteiger partial charge in [0.2, 0.25) is 11.8 Å². The summed E-state index contributed by atoms with van der Waals surface area (Å²) in [4.78, 5) is 28.3. The third kappa shape index (κ3) is 7.14. The molecule has 0 saturated heterocycles. The van der Waals surface area contributed by atoms with Crippen LogP contribution < -0.4 is 14.4 Å². The van der Waals surface area contributed by atoms with Crippen molar-refractivity contribution in [2.45, 2.75) is 44.7 Å². The molecule has 3 rings (SSSR count). The second-order valence-electron chi connectivity index (χ2n) is 8.93. The van der Waals surface area contributed by atoms with Crippen LogP contribution in [0.1, 0.15) is 31.4 Å². The summed E-state index contributed by atoms with van der Waals surface area (Å²) in [7, 11) is -2.79. The van der Waals surface area contributed by atoms with Crippen LogP contribution in [0.4, 0.5) is 10.1 Å². The van der Waals surface area contributed by atoms with E-state index in [1.807, 2.05) is 31.2 Å². The van der Waals surface area contributed by atoms with Gasteiger partial charge in [0, 0.05) is 13.1 Å². The molecule has 0 spiro atoms. The molecule has 0 aliphatic carbocycles. The zero-order valence-corrected chi connectivity index (χ0v) is 23.4. The van der Waals surface area contributed by atoms with E-state index >= 15 is 0 Å². The number of anilines is 1. The van der Waals surface area contributed by atoms with Gasteiger partial charge in [-0.15, -0.1) is 0 Å². The first-order valence-electron chi connectivity index (χ1n) is 12.7. The van der Waals surface area contributed by atoms with Crippen molar-refractivity contribution in [3.8, 4) is 5.75 Å². The predicted molar refractivity (Wildman–Crippen MR) is 148 cm³/mol. The summed E-state index contributed by atoms with van der Waals surface area (Å²) in [5.74, 6) is -0.975. The van der Waals surface area contributed by atoms with E-state index in [9.17, 15) is 22.4 Å². The number of ether oxygens (including phenoxy) is 1. The predicted octanol–water partition coefficient (Wildman–Crippen LogP) is 4.28. The number of benzene rings is 3. The molecule has 10 heteroatoms. The van der Waals surface area contributed by atoms with Crippen molar-refractivity contribution in [2.24, 2.45) is 0 Å². The summed E-state index contributed by atoms with van der Waals surface area (Å²) < 4.78 is 47.4. The molecule has 0 aliphatic rings. The lowest BCUT2D eigenvalue weighted by Crippen LogP contribution is -2.52. The highest BCUT2D eigenvalue weighted by molar-refractivity contribution is 7.92. The smallest absolute Gasteiger partial charge is 0.264 e. The number of aryl methyl sites for hydroxylation is 1. The number of amides is 2. The molecule has 1 N–H and O–H groups in total. The summed E-state index contributed by atoms with van der Waals surface area (Å²) in [6.45, 7) is 5.39. The van der Waals surface area contributed by atoms with Gasteiger partial charge in [0.25, 0.3) is 10.0 Å². The van der Waals surface area contributed by atoms with Crippen LogP contribution in [0.5, 0.6) is 5.75 Å².